The highest BCUT2D eigenvalue weighted by Crippen LogP contribution is 2.12. The van der Waals surface area contributed by atoms with Crippen molar-refractivity contribution in [2.45, 2.75) is 40.7 Å². The van der Waals surface area contributed by atoms with Crippen molar-refractivity contribution < 1.29 is 5.11 Å². The average molecular weight is 298 g/mol. The summed E-state index contributed by atoms with van der Waals surface area (Å²) in [5.74, 6) is 1.21. The van der Waals surface area contributed by atoms with Crippen LogP contribution in [0.3, 0.4) is 0 Å². The van der Waals surface area contributed by atoms with Crippen LogP contribution in [-0.4, -0.2) is 27.7 Å². The number of nitrogens with one attached hydrogen (secondary N) is 1. The van der Waals surface area contributed by atoms with E-state index in [0.717, 1.165) is 5.57 Å². The molecule has 1 unspecified atom stereocenters. The zero-order chi connectivity index (χ0) is 15.5. The number of aryl methyl sites for hydroxylation is 1. The van der Waals surface area contributed by atoms with Crippen molar-refractivity contribution in [3.05, 3.63) is 40.8 Å². The second-order valence-electron chi connectivity index (χ2n) is 3.81. The van der Waals surface area contributed by atoms with Gasteiger partial charge in [0.1, 0.15) is 16.8 Å². The van der Waals surface area contributed by atoms with Gasteiger partial charge in [0.25, 0.3) is 0 Å². The fourth-order valence-corrected chi connectivity index (χ4v) is 1.76. The Morgan fingerprint density at radius 3 is 2.55 bits per heavy atom. The molecule has 1 aromatic rings. The zero-order valence-electron chi connectivity index (χ0n) is 12.8. The van der Waals surface area contributed by atoms with Crippen LogP contribution in [0.2, 0.25) is 5.15 Å². The van der Waals surface area contributed by atoms with Gasteiger partial charge >= 0.3 is 0 Å². The summed E-state index contributed by atoms with van der Waals surface area (Å²) in [5, 5.41) is 13.4. The number of allylic oxidation sites excluding steroid dienone is 2. The third-order valence-electron chi connectivity index (χ3n) is 2.36. The number of aromatic nitrogens is 2. The van der Waals surface area contributed by atoms with Crippen molar-refractivity contribution >= 4 is 17.4 Å². The molecule has 0 spiro atoms. The van der Waals surface area contributed by atoms with E-state index in [9.17, 15) is 5.11 Å². The van der Waals surface area contributed by atoms with E-state index in [1.165, 1.54) is 0 Å². The average Bonchev–Trinajstić information content (AvgIpc) is 2.43. The second kappa shape index (κ2) is 10.4. The van der Waals surface area contributed by atoms with Gasteiger partial charge in [-0.25, -0.2) is 9.97 Å². The van der Waals surface area contributed by atoms with E-state index in [1.54, 1.807) is 13.0 Å². The monoisotopic (exact) mass is 297 g/mol. The van der Waals surface area contributed by atoms with Crippen LogP contribution in [0.4, 0.5) is 5.82 Å². The van der Waals surface area contributed by atoms with E-state index < -0.39 is 6.10 Å². The predicted octanol–water partition coefficient (Wildman–Crippen LogP) is 3.76. The van der Waals surface area contributed by atoms with Crippen molar-refractivity contribution in [1.29, 1.82) is 0 Å². The van der Waals surface area contributed by atoms with E-state index >= 15 is 0 Å². The maximum Gasteiger partial charge on any atom is 0.134 e. The van der Waals surface area contributed by atoms with Crippen LogP contribution in [0.5, 0.6) is 0 Å². The van der Waals surface area contributed by atoms with Gasteiger partial charge in [-0.05, 0) is 26.3 Å². The van der Waals surface area contributed by atoms with E-state index in [0.29, 0.717) is 23.3 Å². The van der Waals surface area contributed by atoms with Gasteiger partial charge < -0.3 is 10.4 Å². The third kappa shape index (κ3) is 6.68. The number of halogens is 1. The summed E-state index contributed by atoms with van der Waals surface area (Å²) in [7, 11) is 0. The lowest BCUT2D eigenvalue weighted by Gasteiger charge is -2.13. The molecule has 0 fully saturated rings. The fraction of sp³-hybridized carbons (Fsp3) is 0.467. The number of aliphatic hydroxyl groups excluding tert-OH is 1. The van der Waals surface area contributed by atoms with Gasteiger partial charge in [-0.1, -0.05) is 43.7 Å². The molecule has 4 nitrogen and oxygen atoms in total. The first kappa shape index (κ1) is 18.6. The number of rotatable bonds is 5. The lowest BCUT2D eigenvalue weighted by molar-refractivity contribution is 0.227. The zero-order valence-corrected chi connectivity index (χ0v) is 13.6. The molecule has 20 heavy (non-hydrogen) atoms. The van der Waals surface area contributed by atoms with Crippen molar-refractivity contribution in [1.82, 2.24) is 9.97 Å². The van der Waals surface area contributed by atoms with Gasteiger partial charge in [-0.2, -0.15) is 0 Å². The smallest absolute Gasteiger partial charge is 0.134 e. The molecule has 5 heteroatoms. The second-order valence-corrected chi connectivity index (χ2v) is 4.20. The summed E-state index contributed by atoms with van der Waals surface area (Å²) in [6.07, 6.45) is 5.07. The number of hydrogen-bond acceptors (Lipinski definition) is 4. The minimum absolute atomic E-state index is 0.372. The van der Waals surface area contributed by atoms with Gasteiger partial charge in [0.05, 0.1) is 6.10 Å². The Kier molecular flexibility index (Phi) is 9.68. The molecule has 112 valence electrons. The highest BCUT2D eigenvalue weighted by Gasteiger charge is 2.08. The Hall–Kier alpha value is -1.39. The Bertz CT molecular complexity index is 438. The van der Waals surface area contributed by atoms with E-state index in [2.05, 4.69) is 15.3 Å². The molecule has 0 aliphatic heterocycles. The molecule has 1 aromatic heterocycles. The van der Waals surface area contributed by atoms with Crippen LogP contribution in [-0.2, 0) is 0 Å². The molecule has 0 aliphatic carbocycles. The Morgan fingerprint density at radius 1 is 1.40 bits per heavy atom. The standard InChI is InChI=1S/C13H18ClN3O.C2H6/c1-4-6-10(5-2)11(18)8-15-13-7-12(14)16-9(3)17-13;1-2/h4-7,11,18H,8H2,1-3H3,(H,15,16,17);1-2H3/b6-4-,10-5+;. The van der Waals surface area contributed by atoms with Crippen molar-refractivity contribution in [3.8, 4) is 0 Å². The summed E-state index contributed by atoms with van der Waals surface area (Å²) < 4.78 is 0. The summed E-state index contributed by atoms with van der Waals surface area (Å²) in [5.41, 5.74) is 0.863. The molecule has 1 heterocycles. The molecule has 0 radical (unpaired) electrons. The maximum atomic E-state index is 9.98. The molecule has 0 saturated heterocycles. The summed E-state index contributed by atoms with van der Waals surface area (Å²) in [6.45, 7) is 9.95. The van der Waals surface area contributed by atoms with E-state index in [4.69, 9.17) is 11.6 Å². The van der Waals surface area contributed by atoms with Crippen molar-refractivity contribution in [2.24, 2.45) is 0 Å². The third-order valence-corrected chi connectivity index (χ3v) is 2.55. The molecule has 1 atom stereocenters. The highest BCUT2D eigenvalue weighted by atomic mass is 35.5. The summed E-state index contributed by atoms with van der Waals surface area (Å²) in [4.78, 5) is 8.15. The minimum Gasteiger partial charge on any atom is -0.387 e. The van der Waals surface area contributed by atoms with Crippen LogP contribution in [0.25, 0.3) is 0 Å². The lowest BCUT2D eigenvalue weighted by atomic mass is 10.1. The van der Waals surface area contributed by atoms with Gasteiger partial charge in [-0.15, -0.1) is 0 Å². The first-order chi connectivity index (χ1) is 9.56. The van der Waals surface area contributed by atoms with Crippen LogP contribution < -0.4 is 5.32 Å². The molecule has 0 saturated carbocycles. The van der Waals surface area contributed by atoms with Gasteiger partial charge in [0.2, 0.25) is 0 Å². The SMILES string of the molecule is C/C=C\C(=C/C)C(O)CNc1cc(Cl)nc(C)n1.CC. The Labute approximate surface area is 126 Å². The molecular formula is C15H24ClN3O. The lowest BCUT2D eigenvalue weighted by Crippen LogP contribution is -2.21. The van der Waals surface area contributed by atoms with Gasteiger partial charge in [0, 0.05) is 12.6 Å². The predicted molar refractivity (Wildman–Crippen MR) is 86.2 cm³/mol. The van der Waals surface area contributed by atoms with Crippen molar-refractivity contribution in [3.63, 3.8) is 0 Å². The molecule has 0 aromatic carbocycles. The quantitative estimate of drug-likeness (QED) is 0.642. The van der Waals surface area contributed by atoms with Crippen molar-refractivity contribution in [2.75, 3.05) is 11.9 Å². The molecule has 0 aliphatic rings. The molecule has 1 rings (SSSR count). The van der Waals surface area contributed by atoms with Crippen LogP contribution in [0.15, 0.2) is 29.9 Å². The molecule has 0 bridgehead atoms. The van der Waals surface area contributed by atoms with Crippen LogP contribution >= 0.6 is 11.6 Å². The maximum absolute atomic E-state index is 9.98. The normalized spacial score (nSPS) is 12.8. The fourth-order valence-electron chi connectivity index (χ4n) is 1.53. The molecular weight excluding hydrogens is 274 g/mol. The minimum atomic E-state index is -0.583. The van der Waals surface area contributed by atoms with Crippen LogP contribution in [0, 0.1) is 6.92 Å². The first-order valence-corrected chi connectivity index (χ1v) is 7.16. The Morgan fingerprint density at radius 2 is 2.05 bits per heavy atom. The van der Waals surface area contributed by atoms with E-state index in [1.807, 2.05) is 45.9 Å². The number of aliphatic hydroxyl groups is 1. The summed E-state index contributed by atoms with van der Waals surface area (Å²) in [6, 6.07) is 1.63. The number of anilines is 1. The first-order valence-electron chi connectivity index (χ1n) is 6.78. The van der Waals surface area contributed by atoms with Gasteiger partial charge in [0.15, 0.2) is 0 Å². The number of hydrogen-bond donors (Lipinski definition) is 2. The topological polar surface area (TPSA) is 58.0 Å². The van der Waals surface area contributed by atoms with E-state index in [-0.39, 0.29) is 0 Å². The largest absolute Gasteiger partial charge is 0.387 e. The molecule has 2 N–H and O–H groups in total. The highest BCUT2D eigenvalue weighted by molar-refractivity contribution is 6.29. The van der Waals surface area contributed by atoms with Gasteiger partial charge in [-0.3, -0.25) is 0 Å². The summed E-state index contributed by atoms with van der Waals surface area (Å²) >= 11 is 5.83. The number of nitrogens with zero attached hydrogens (tertiary/aromatic N) is 2. The Balaban J connectivity index is 0.00000172. The molecule has 0 amide bonds. The van der Waals surface area contributed by atoms with Crippen LogP contribution in [0.1, 0.15) is 33.5 Å².